The van der Waals surface area contributed by atoms with Crippen LogP contribution in [0.2, 0.25) is 5.02 Å². The molecule has 1 aliphatic heterocycles. The minimum atomic E-state index is -0.451. The van der Waals surface area contributed by atoms with Crippen molar-refractivity contribution in [1.82, 2.24) is 0 Å². The molecule has 19 heavy (non-hydrogen) atoms. The van der Waals surface area contributed by atoms with Gasteiger partial charge in [0.2, 0.25) is 0 Å². The Morgan fingerprint density at radius 2 is 2.05 bits per heavy atom. The molecule has 3 rings (SSSR count). The Balaban J connectivity index is 1.86. The van der Waals surface area contributed by atoms with Crippen LogP contribution in [0.15, 0.2) is 18.2 Å². The summed E-state index contributed by atoms with van der Waals surface area (Å²) < 4.78 is 0. The zero-order valence-corrected chi connectivity index (χ0v) is 12.2. The van der Waals surface area contributed by atoms with Crippen LogP contribution in [0.4, 0.5) is 5.69 Å². The van der Waals surface area contributed by atoms with Crippen molar-refractivity contribution in [3.63, 3.8) is 0 Å². The van der Waals surface area contributed by atoms with Gasteiger partial charge in [-0.25, -0.2) is 0 Å². The summed E-state index contributed by atoms with van der Waals surface area (Å²) in [5.41, 5.74) is 2.05. The Hall–Kier alpha value is -0.730. The fourth-order valence-corrected chi connectivity index (χ4v) is 4.02. The molecule has 0 amide bonds. The van der Waals surface area contributed by atoms with Gasteiger partial charge >= 0.3 is 0 Å². The molecule has 1 aromatic rings. The molecular formula is C16H22ClNO. The summed E-state index contributed by atoms with van der Waals surface area (Å²) >= 11 is 6.43. The van der Waals surface area contributed by atoms with E-state index in [0.29, 0.717) is 6.04 Å². The average Bonchev–Trinajstić information content (AvgIpc) is 2.82. The van der Waals surface area contributed by atoms with E-state index in [4.69, 9.17) is 11.6 Å². The van der Waals surface area contributed by atoms with Crippen molar-refractivity contribution in [2.75, 3.05) is 11.4 Å². The smallest absolute Gasteiger partial charge is 0.0762 e. The largest absolute Gasteiger partial charge is 0.389 e. The van der Waals surface area contributed by atoms with Crippen LogP contribution in [0.5, 0.6) is 0 Å². The summed E-state index contributed by atoms with van der Waals surface area (Å²) in [6.07, 6.45) is 6.28. The van der Waals surface area contributed by atoms with Gasteiger partial charge in [-0.3, -0.25) is 0 Å². The first-order chi connectivity index (χ1) is 9.16. The summed E-state index contributed by atoms with van der Waals surface area (Å²) in [6.45, 7) is 2.90. The standard InChI is InChI=1S/C16H22ClNO/c1-11(19)13-6-7-16(14(17)10-13)18-9-8-12-4-2-3-5-15(12)18/h6-7,10-12,15,19H,2-5,8-9H2,1H3/t11-,12?,15?/m1/s1. The van der Waals surface area contributed by atoms with Crippen LogP contribution in [0.3, 0.4) is 0 Å². The second-order valence-corrected chi connectivity index (χ2v) is 6.39. The number of benzene rings is 1. The maximum absolute atomic E-state index is 9.62. The maximum Gasteiger partial charge on any atom is 0.0762 e. The Kier molecular flexibility index (Phi) is 3.72. The second-order valence-electron chi connectivity index (χ2n) is 5.98. The van der Waals surface area contributed by atoms with Crippen LogP contribution in [0, 0.1) is 5.92 Å². The fraction of sp³-hybridized carbons (Fsp3) is 0.625. The quantitative estimate of drug-likeness (QED) is 0.879. The summed E-state index contributed by atoms with van der Waals surface area (Å²) in [7, 11) is 0. The molecule has 0 spiro atoms. The molecule has 3 heteroatoms. The van der Waals surface area contributed by atoms with Crippen LogP contribution in [-0.4, -0.2) is 17.7 Å². The topological polar surface area (TPSA) is 23.5 Å². The van der Waals surface area contributed by atoms with Gasteiger partial charge in [-0.2, -0.15) is 0 Å². The first-order valence-corrected chi connectivity index (χ1v) is 7.79. The van der Waals surface area contributed by atoms with Crippen molar-refractivity contribution < 1.29 is 5.11 Å². The highest BCUT2D eigenvalue weighted by Crippen LogP contribution is 2.41. The van der Waals surface area contributed by atoms with Crippen LogP contribution < -0.4 is 4.90 Å². The SMILES string of the molecule is C[C@@H](O)c1ccc(N2CCC3CCCCC32)c(Cl)c1. The molecule has 1 saturated carbocycles. The maximum atomic E-state index is 9.62. The van der Waals surface area contributed by atoms with Gasteiger partial charge in [0, 0.05) is 12.6 Å². The number of aliphatic hydroxyl groups excluding tert-OH is 1. The third-order valence-corrected chi connectivity index (χ3v) is 5.08. The molecule has 2 aliphatic rings. The number of nitrogens with zero attached hydrogens (tertiary/aromatic N) is 1. The molecule has 104 valence electrons. The van der Waals surface area contributed by atoms with Crippen LogP contribution >= 0.6 is 11.6 Å². The first-order valence-electron chi connectivity index (χ1n) is 7.41. The van der Waals surface area contributed by atoms with Gasteiger partial charge in [0.1, 0.15) is 0 Å². The molecule has 1 heterocycles. The minimum Gasteiger partial charge on any atom is -0.389 e. The molecule has 1 saturated heterocycles. The van der Waals surface area contributed by atoms with Gasteiger partial charge in [0.15, 0.2) is 0 Å². The number of fused-ring (bicyclic) bond motifs is 1. The zero-order valence-electron chi connectivity index (χ0n) is 11.5. The summed E-state index contributed by atoms with van der Waals surface area (Å²) in [5.74, 6) is 0.862. The molecular weight excluding hydrogens is 258 g/mol. The predicted molar refractivity (Wildman–Crippen MR) is 79.8 cm³/mol. The normalized spacial score (nSPS) is 28.3. The van der Waals surface area contributed by atoms with Gasteiger partial charge in [0.05, 0.1) is 16.8 Å². The number of hydrogen-bond donors (Lipinski definition) is 1. The van der Waals surface area contributed by atoms with Crippen molar-refractivity contribution in [3.05, 3.63) is 28.8 Å². The molecule has 0 bridgehead atoms. The van der Waals surface area contributed by atoms with Gasteiger partial charge in [0.25, 0.3) is 0 Å². The Bertz CT molecular complexity index is 460. The van der Waals surface area contributed by atoms with E-state index in [1.54, 1.807) is 6.92 Å². The molecule has 3 atom stereocenters. The van der Waals surface area contributed by atoms with E-state index >= 15 is 0 Å². The molecule has 0 aromatic heterocycles. The van der Waals surface area contributed by atoms with Gasteiger partial charge in [-0.1, -0.05) is 30.5 Å². The lowest BCUT2D eigenvalue weighted by Gasteiger charge is -2.33. The van der Waals surface area contributed by atoms with Gasteiger partial charge < -0.3 is 10.0 Å². The zero-order chi connectivity index (χ0) is 13.4. The molecule has 1 N–H and O–H groups in total. The summed E-state index contributed by atoms with van der Waals surface area (Å²) in [4.78, 5) is 2.50. The van der Waals surface area contributed by atoms with E-state index in [2.05, 4.69) is 11.0 Å². The molecule has 2 unspecified atom stereocenters. The molecule has 2 nitrogen and oxygen atoms in total. The Morgan fingerprint density at radius 1 is 1.26 bits per heavy atom. The third kappa shape index (κ3) is 2.48. The van der Waals surface area contributed by atoms with E-state index < -0.39 is 6.10 Å². The lowest BCUT2D eigenvalue weighted by molar-refractivity contribution is 0.199. The number of aliphatic hydroxyl groups is 1. The van der Waals surface area contributed by atoms with Crippen LogP contribution in [0.1, 0.15) is 50.7 Å². The third-order valence-electron chi connectivity index (χ3n) is 4.77. The van der Waals surface area contributed by atoms with Gasteiger partial charge in [-0.05, 0) is 49.8 Å². The number of rotatable bonds is 2. The number of anilines is 1. The van der Waals surface area contributed by atoms with E-state index in [0.717, 1.165) is 28.7 Å². The van der Waals surface area contributed by atoms with Gasteiger partial charge in [-0.15, -0.1) is 0 Å². The fourth-order valence-electron chi connectivity index (χ4n) is 3.72. The highest BCUT2D eigenvalue weighted by molar-refractivity contribution is 6.33. The van der Waals surface area contributed by atoms with Crippen molar-refractivity contribution in [3.8, 4) is 0 Å². The number of hydrogen-bond acceptors (Lipinski definition) is 2. The Morgan fingerprint density at radius 3 is 2.79 bits per heavy atom. The number of halogens is 1. The van der Waals surface area contributed by atoms with E-state index in [-0.39, 0.29) is 0 Å². The van der Waals surface area contributed by atoms with E-state index in [1.165, 1.54) is 32.1 Å². The average molecular weight is 280 g/mol. The predicted octanol–water partition coefficient (Wildman–Crippen LogP) is 4.16. The molecule has 1 aromatic carbocycles. The molecule has 2 fully saturated rings. The Labute approximate surface area is 120 Å². The second kappa shape index (κ2) is 5.34. The van der Waals surface area contributed by atoms with E-state index in [1.807, 2.05) is 12.1 Å². The highest BCUT2D eigenvalue weighted by Gasteiger charge is 2.36. The lowest BCUT2D eigenvalue weighted by atomic mass is 9.85. The van der Waals surface area contributed by atoms with Crippen molar-refractivity contribution in [2.24, 2.45) is 5.92 Å². The highest BCUT2D eigenvalue weighted by atomic mass is 35.5. The molecule has 0 radical (unpaired) electrons. The van der Waals surface area contributed by atoms with Crippen molar-refractivity contribution >= 4 is 17.3 Å². The van der Waals surface area contributed by atoms with E-state index in [9.17, 15) is 5.11 Å². The van der Waals surface area contributed by atoms with Crippen molar-refractivity contribution in [1.29, 1.82) is 0 Å². The van der Waals surface area contributed by atoms with Crippen molar-refractivity contribution in [2.45, 2.75) is 51.2 Å². The minimum absolute atomic E-state index is 0.451. The summed E-state index contributed by atoms with van der Waals surface area (Å²) in [5, 5.41) is 10.4. The first kappa shape index (κ1) is 13.3. The molecule has 1 aliphatic carbocycles. The summed E-state index contributed by atoms with van der Waals surface area (Å²) in [6, 6.07) is 6.69. The van der Waals surface area contributed by atoms with Crippen LogP contribution in [-0.2, 0) is 0 Å². The lowest BCUT2D eigenvalue weighted by Crippen LogP contribution is -2.34. The van der Waals surface area contributed by atoms with Crippen LogP contribution in [0.25, 0.3) is 0 Å². The monoisotopic (exact) mass is 279 g/mol.